The molecule has 0 unspecified atom stereocenters. The van der Waals surface area contributed by atoms with Crippen LogP contribution in [0.3, 0.4) is 0 Å². The molecule has 38 heavy (non-hydrogen) atoms. The van der Waals surface area contributed by atoms with E-state index in [1.165, 1.54) is 28.9 Å². The molecule has 10 nitrogen and oxygen atoms in total. The van der Waals surface area contributed by atoms with E-state index in [1.54, 1.807) is 6.20 Å². The van der Waals surface area contributed by atoms with Crippen molar-refractivity contribution in [3.05, 3.63) is 39.4 Å². The second-order valence-electron chi connectivity index (χ2n) is 8.85. The summed E-state index contributed by atoms with van der Waals surface area (Å²) in [5, 5.41) is 14.8. The van der Waals surface area contributed by atoms with E-state index in [2.05, 4.69) is 41.9 Å². The summed E-state index contributed by atoms with van der Waals surface area (Å²) >= 11 is 9.06. The lowest BCUT2D eigenvalue weighted by Crippen LogP contribution is -2.52. The topological polar surface area (TPSA) is 115 Å². The zero-order chi connectivity index (χ0) is 25.8. The van der Waals surface area contributed by atoms with Gasteiger partial charge in [-0.25, -0.2) is 15.0 Å². The van der Waals surface area contributed by atoms with E-state index in [4.69, 9.17) is 16.7 Å². The van der Waals surface area contributed by atoms with Crippen LogP contribution in [-0.2, 0) is 11.3 Å². The number of thiophene rings is 1. The van der Waals surface area contributed by atoms with Gasteiger partial charge in [0.15, 0.2) is 5.13 Å². The van der Waals surface area contributed by atoms with Gasteiger partial charge < -0.3 is 14.9 Å². The minimum absolute atomic E-state index is 0. The first-order valence-corrected chi connectivity index (χ1v) is 13.5. The molecule has 0 bridgehead atoms. The highest BCUT2D eigenvalue weighted by Gasteiger charge is 2.25. The molecule has 1 fully saturated rings. The van der Waals surface area contributed by atoms with Gasteiger partial charge in [0.25, 0.3) is 5.91 Å². The normalized spacial score (nSPS) is 15.6. The van der Waals surface area contributed by atoms with Gasteiger partial charge in [-0.3, -0.25) is 19.8 Å². The lowest BCUT2D eigenvalue weighted by molar-refractivity contribution is -0.137. The number of aliphatic carboxylic acids is 1. The second kappa shape index (κ2) is 14.4. The number of anilines is 2. The number of thiazole rings is 1. The van der Waals surface area contributed by atoms with Crippen LogP contribution in [0.1, 0.15) is 28.7 Å². The molecule has 1 aliphatic heterocycles. The van der Waals surface area contributed by atoms with E-state index in [-0.39, 0.29) is 48.9 Å². The highest BCUT2D eigenvalue weighted by molar-refractivity contribution is 7.17. The SMILES string of the molecule is C[C@@H]1CN(c2cnc(C(=O)Nc3nc(-c4cc(Cl)cs4)c(CN(C)C)s3)cn2)CCN1CCC(=O)O.Cl.Cl. The molecule has 0 aromatic carbocycles. The molecule has 1 amide bonds. The molecular weight excluding hydrogens is 593 g/mol. The summed E-state index contributed by atoms with van der Waals surface area (Å²) in [7, 11) is 3.97. The van der Waals surface area contributed by atoms with Gasteiger partial charge in [0, 0.05) is 49.0 Å². The number of rotatable bonds is 9. The summed E-state index contributed by atoms with van der Waals surface area (Å²) in [6.07, 6.45) is 3.21. The Kier molecular flexibility index (Phi) is 12.2. The predicted octanol–water partition coefficient (Wildman–Crippen LogP) is 4.46. The zero-order valence-electron chi connectivity index (χ0n) is 21.1. The van der Waals surface area contributed by atoms with Gasteiger partial charge in [-0.1, -0.05) is 22.9 Å². The van der Waals surface area contributed by atoms with Crippen molar-refractivity contribution < 1.29 is 14.7 Å². The first kappa shape index (κ1) is 32.2. The molecule has 1 saturated heterocycles. The van der Waals surface area contributed by atoms with Crippen LogP contribution in [0.15, 0.2) is 23.8 Å². The Morgan fingerprint density at radius 1 is 1.24 bits per heavy atom. The molecule has 0 aliphatic carbocycles. The molecule has 1 aliphatic rings. The van der Waals surface area contributed by atoms with E-state index >= 15 is 0 Å². The zero-order valence-corrected chi connectivity index (χ0v) is 25.1. The van der Waals surface area contributed by atoms with Gasteiger partial charge >= 0.3 is 5.97 Å². The van der Waals surface area contributed by atoms with Crippen molar-refractivity contribution in [2.24, 2.45) is 0 Å². The number of carboxylic acids is 1. The van der Waals surface area contributed by atoms with Crippen molar-refractivity contribution in [2.75, 3.05) is 50.5 Å². The summed E-state index contributed by atoms with van der Waals surface area (Å²) in [6.45, 7) is 5.46. The van der Waals surface area contributed by atoms with E-state index in [1.807, 2.05) is 25.5 Å². The van der Waals surface area contributed by atoms with E-state index in [9.17, 15) is 9.59 Å². The number of nitrogens with one attached hydrogen (secondary N) is 1. The van der Waals surface area contributed by atoms with Crippen LogP contribution < -0.4 is 10.2 Å². The molecule has 3 aromatic rings. The number of nitrogens with zero attached hydrogens (tertiary/aromatic N) is 6. The third-order valence-electron chi connectivity index (χ3n) is 5.75. The summed E-state index contributed by atoms with van der Waals surface area (Å²) < 4.78 is 0. The van der Waals surface area contributed by atoms with Crippen molar-refractivity contribution in [3.63, 3.8) is 0 Å². The fraction of sp³-hybridized carbons (Fsp3) is 0.435. The Labute approximate surface area is 246 Å². The number of hydrogen-bond acceptors (Lipinski definition) is 10. The van der Waals surface area contributed by atoms with Crippen LogP contribution in [0, 0.1) is 0 Å². The number of carboxylic acid groups (broad SMARTS) is 1. The highest BCUT2D eigenvalue weighted by Crippen LogP contribution is 2.36. The average Bonchev–Trinajstić information content (AvgIpc) is 3.43. The van der Waals surface area contributed by atoms with Crippen LogP contribution in [-0.4, -0.2) is 88.1 Å². The molecule has 0 saturated carbocycles. The summed E-state index contributed by atoms with van der Waals surface area (Å²) in [5.41, 5.74) is 1.02. The lowest BCUT2D eigenvalue weighted by Gasteiger charge is -2.40. The number of halogens is 3. The quantitative estimate of drug-likeness (QED) is 0.357. The lowest BCUT2D eigenvalue weighted by atomic mass is 10.2. The van der Waals surface area contributed by atoms with E-state index in [0.717, 1.165) is 22.0 Å². The molecule has 0 radical (unpaired) electrons. The van der Waals surface area contributed by atoms with E-state index < -0.39 is 5.97 Å². The Balaban J connectivity index is 0.00000253. The predicted molar refractivity (Wildman–Crippen MR) is 158 cm³/mol. The van der Waals surface area contributed by atoms with Gasteiger partial charge in [-0.05, 0) is 27.1 Å². The number of hydrogen-bond donors (Lipinski definition) is 2. The fourth-order valence-corrected chi connectivity index (χ4v) is 6.21. The van der Waals surface area contributed by atoms with Crippen LogP contribution >= 0.6 is 59.1 Å². The highest BCUT2D eigenvalue weighted by atomic mass is 35.5. The summed E-state index contributed by atoms with van der Waals surface area (Å²) in [4.78, 5) is 45.5. The average molecular weight is 623 g/mol. The van der Waals surface area contributed by atoms with Crippen LogP contribution in [0.2, 0.25) is 5.02 Å². The Morgan fingerprint density at radius 2 is 2.00 bits per heavy atom. The third-order valence-corrected chi connectivity index (χ3v) is 7.99. The Hall–Kier alpha value is -2.06. The summed E-state index contributed by atoms with van der Waals surface area (Å²) in [6, 6.07) is 2.07. The molecule has 15 heteroatoms. The Morgan fingerprint density at radius 3 is 2.58 bits per heavy atom. The minimum atomic E-state index is -0.789. The largest absolute Gasteiger partial charge is 0.481 e. The Bertz CT molecular complexity index is 1220. The molecule has 2 N–H and O–H groups in total. The number of carbonyl (C=O) groups is 2. The molecular formula is C23H30Cl3N7O3S2. The van der Waals surface area contributed by atoms with Crippen LogP contribution in [0.25, 0.3) is 10.6 Å². The monoisotopic (exact) mass is 621 g/mol. The fourth-order valence-electron chi connectivity index (χ4n) is 3.97. The van der Waals surface area contributed by atoms with Crippen molar-refractivity contribution in [3.8, 4) is 10.6 Å². The van der Waals surface area contributed by atoms with Gasteiger partial charge in [-0.15, -0.1) is 36.2 Å². The van der Waals surface area contributed by atoms with Gasteiger partial charge in [-0.2, -0.15) is 0 Å². The second-order valence-corrected chi connectivity index (χ2v) is 11.3. The van der Waals surface area contributed by atoms with Gasteiger partial charge in [0.05, 0.1) is 34.4 Å². The van der Waals surface area contributed by atoms with Crippen LogP contribution in [0.5, 0.6) is 0 Å². The number of aromatic nitrogens is 3. The van der Waals surface area contributed by atoms with Crippen LogP contribution in [0.4, 0.5) is 10.9 Å². The van der Waals surface area contributed by atoms with Crippen molar-refractivity contribution in [2.45, 2.75) is 25.9 Å². The molecule has 4 heterocycles. The first-order valence-electron chi connectivity index (χ1n) is 11.4. The maximum absolute atomic E-state index is 12.9. The molecule has 3 aromatic heterocycles. The standard InChI is InChI=1S/C23H28ClN7O3S2.2ClH/c1-14-11-31(7-6-30(14)5-4-20(32)33)19-10-25-16(9-26-19)22(34)28-23-27-21(17-8-15(24)13-35-17)18(36-23)12-29(2)3;;/h8-10,13-14H,4-7,11-12H2,1-3H3,(H,32,33)(H,27,28,34);2*1H/t14-;;/m1../s1. The van der Waals surface area contributed by atoms with E-state index in [0.29, 0.717) is 42.2 Å². The van der Waals surface area contributed by atoms with Crippen molar-refractivity contribution >= 4 is 81.9 Å². The maximum atomic E-state index is 12.9. The van der Waals surface area contributed by atoms with Crippen molar-refractivity contribution in [1.82, 2.24) is 24.8 Å². The van der Waals surface area contributed by atoms with Gasteiger partial charge in [0.2, 0.25) is 0 Å². The molecule has 0 spiro atoms. The third kappa shape index (κ3) is 8.22. The number of piperazine rings is 1. The summed E-state index contributed by atoms with van der Waals surface area (Å²) in [5.74, 6) is -0.472. The number of carbonyl (C=O) groups excluding carboxylic acids is 1. The molecule has 4 rings (SSSR count). The van der Waals surface area contributed by atoms with Gasteiger partial charge in [0.1, 0.15) is 11.5 Å². The first-order chi connectivity index (χ1) is 17.2. The minimum Gasteiger partial charge on any atom is -0.481 e. The maximum Gasteiger partial charge on any atom is 0.304 e. The smallest absolute Gasteiger partial charge is 0.304 e. The molecule has 208 valence electrons. The van der Waals surface area contributed by atoms with Crippen molar-refractivity contribution in [1.29, 1.82) is 0 Å². The number of amides is 1. The molecule has 1 atom stereocenters.